The van der Waals surface area contributed by atoms with Crippen molar-refractivity contribution in [3.63, 3.8) is 0 Å². The van der Waals surface area contributed by atoms with Crippen LogP contribution < -0.4 is 5.32 Å². The Morgan fingerprint density at radius 2 is 1.83 bits per heavy atom. The maximum atomic E-state index is 9.35. The first kappa shape index (κ1) is 7.24. The van der Waals surface area contributed by atoms with Crippen LogP contribution in [0.3, 0.4) is 0 Å². The Morgan fingerprint density at radius 3 is 2.58 bits per heavy atom. The number of phenols is 3. The van der Waals surface area contributed by atoms with Gasteiger partial charge in [-0.15, -0.1) is 0 Å². The second-order valence-corrected chi connectivity index (χ2v) is 2.83. The van der Waals surface area contributed by atoms with Crippen LogP contribution in [0.2, 0.25) is 0 Å². The van der Waals surface area contributed by atoms with Crippen molar-refractivity contribution in [3.05, 3.63) is 17.2 Å². The molecule has 4 N–H and O–H groups in total. The number of rotatable bonds is 0. The lowest BCUT2D eigenvalue weighted by molar-refractivity contribution is 0.365. The van der Waals surface area contributed by atoms with Gasteiger partial charge in [0.25, 0.3) is 0 Å². The van der Waals surface area contributed by atoms with Gasteiger partial charge in [0, 0.05) is 18.7 Å². The number of phenolic OH excluding ortho intramolecular Hbond substituents is 3. The minimum absolute atomic E-state index is 0.213. The van der Waals surface area contributed by atoms with Crippen LogP contribution in [0.15, 0.2) is 6.07 Å². The van der Waals surface area contributed by atoms with Crippen LogP contribution in [0, 0.1) is 0 Å². The molecule has 0 radical (unpaired) electrons. The molecule has 2 rings (SSSR count). The third kappa shape index (κ3) is 0.816. The van der Waals surface area contributed by atoms with Crippen molar-refractivity contribution in [1.29, 1.82) is 0 Å². The van der Waals surface area contributed by atoms with E-state index >= 15 is 0 Å². The van der Waals surface area contributed by atoms with E-state index in [4.69, 9.17) is 10.2 Å². The van der Waals surface area contributed by atoms with Crippen LogP contribution in [0.1, 0.15) is 11.1 Å². The lowest BCUT2D eigenvalue weighted by Crippen LogP contribution is -1.99. The lowest BCUT2D eigenvalue weighted by atomic mass is 10.1. The van der Waals surface area contributed by atoms with E-state index in [1.165, 1.54) is 6.07 Å². The number of hydrogen-bond donors (Lipinski definition) is 4. The van der Waals surface area contributed by atoms with Gasteiger partial charge < -0.3 is 20.6 Å². The number of nitrogens with one attached hydrogen (secondary N) is 1. The Bertz CT molecular complexity index is 336. The normalized spacial score (nSPS) is 14.7. The van der Waals surface area contributed by atoms with E-state index in [0.29, 0.717) is 18.7 Å². The van der Waals surface area contributed by atoms with E-state index in [9.17, 15) is 5.11 Å². The molecule has 0 spiro atoms. The molecular formula is C8H9NO3. The van der Waals surface area contributed by atoms with E-state index in [2.05, 4.69) is 5.32 Å². The average molecular weight is 167 g/mol. The summed E-state index contributed by atoms with van der Waals surface area (Å²) < 4.78 is 0. The molecule has 1 aromatic carbocycles. The summed E-state index contributed by atoms with van der Waals surface area (Å²) in [5, 5.41) is 30.6. The van der Waals surface area contributed by atoms with Gasteiger partial charge in [-0.25, -0.2) is 0 Å². The van der Waals surface area contributed by atoms with Crippen LogP contribution in [-0.4, -0.2) is 15.3 Å². The Morgan fingerprint density at radius 1 is 1.08 bits per heavy atom. The van der Waals surface area contributed by atoms with Gasteiger partial charge in [0.2, 0.25) is 5.75 Å². The lowest BCUT2D eigenvalue weighted by Gasteiger charge is -2.05. The third-order valence-corrected chi connectivity index (χ3v) is 2.07. The molecule has 4 heteroatoms. The van der Waals surface area contributed by atoms with Gasteiger partial charge >= 0.3 is 0 Å². The first-order valence-corrected chi connectivity index (χ1v) is 3.66. The third-order valence-electron chi connectivity index (χ3n) is 2.07. The van der Waals surface area contributed by atoms with Crippen molar-refractivity contribution in [2.24, 2.45) is 0 Å². The maximum absolute atomic E-state index is 9.35. The summed E-state index contributed by atoms with van der Waals surface area (Å²) in [6.45, 7) is 1.16. The standard InChI is InChI=1S/C8H9NO3/c10-6-1-4-2-9-3-5(4)7(11)8(6)12/h1,9-12H,2-3H2. The Hall–Kier alpha value is -1.42. The molecule has 0 saturated carbocycles. The second kappa shape index (κ2) is 2.28. The minimum atomic E-state index is -0.433. The fourth-order valence-corrected chi connectivity index (χ4v) is 1.41. The van der Waals surface area contributed by atoms with Gasteiger partial charge in [-0.3, -0.25) is 0 Å². The van der Waals surface area contributed by atoms with Gasteiger partial charge in [0.05, 0.1) is 0 Å². The molecule has 1 aliphatic rings. The fourth-order valence-electron chi connectivity index (χ4n) is 1.41. The minimum Gasteiger partial charge on any atom is -0.504 e. The summed E-state index contributed by atoms with van der Waals surface area (Å²) >= 11 is 0. The van der Waals surface area contributed by atoms with E-state index in [0.717, 1.165) is 5.56 Å². The highest BCUT2D eigenvalue weighted by Gasteiger charge is 2.19. The Kier molecular flexibility index (Phi) is 1.38. The summed E-state index contributed by atoms with van der Waals surface area (Å²) in [6.07, 6.45) is 0. The number of benzene rings is 1. The summed E-state index contributed by atoms with van der Waals surface area (Å²) in [4.78, 5) is 0. The fraction of sp³-hybridized carbons (Fsp3) is 0.250. The topological polar surface area (TPSA) is 72.7 Å². The van der Waals surface area contributed by atoms with Crippen molar-refractivity contribution < 1.29 is 15.3 Å². The molecule has 1 heterocycles. The highest BCUT2D eigenvalue weighted by molar-refractivity contribution is 5.57. The van der Waals surface area contributed by atoms with E-state index in [1.807, 2.05) is 0 Å². The molecule has 0 amide bonds. The zero-order valence-electron chi connectivity index (χ0n) is 6.33. The van der Waals surface area contributed by atoms with Gasteiger partial charge in [0.1, 0.15) is 0 Å². The second-order valence-electron chi connectivity index (χ2n) is 2.83. The molecule has 0 unspecified atom stereocenters. The molecule has 4 nitrogen and oxygen atoms in total. The van der Waals surface area contributed by atoms with Gasteiger partial charge in [-0.05, 0) is 11.6 Å². The molecular weight excluding hydrogens is 158 g/mol. The highest BCUT2D eigenvalue weighted by Crippen LogP contribution is 2.40. The molecule has 1 aliphatic heterocycles. The predicted octanol–water partition coefficient (Wildman–Crippen LogP) is 0.407. The molecule has 0 bridgehead atoms. The average Bonchev–Trinajstić information content (AvgIpc) is 2.48. The summed E-state index contributed by atoms with van der Waals surface area (Å²) in [6, 6.07) is 1.46. The molecule has 0 aromatic heterocycles. The molecule has 0 aliphatic carbocycles. The van der Waals surface area contributed by atoms with Crippen LogP contribution in [0.25, 0.3) is 0 Å². The monoisotopic (exact) mass is 167 g/mol. The number of hydrogen-bond acceptors (Lipinski definition) is 4. The molecule has 0 saturated heterocycles. The first-order valence-electron chi connectivity index (χ1n) is 3.66. The molecule has 12 heavy (non-hydrogen) atoms. The molecule has 0 atom stereocenters. The molecule has 1 aromatic rings. The van der Waals surface area contributed by atoms with Gasteiger partial charge in [-0.1, -0.05) is 0 Å². The van der Waals surface area contributed by atoms with E-state index in [1.54, 1.807) is 0 Å². The smallest absolute Gasteiger partial charge is 0.200 e. The maximum Gasteiger partial charge on any atom is 0.200 e. The van der Waals surface area contributed by atoms with E-state index in [-0.39, 0.29) is 11.5 Å². The Labute approximate surface area is 69.1 Å². The number of aromatic hydroxyl groups is 3. The van der Waals surface area contributed by atoms with Crippen molar-refractivity contribution in [1.82, 2.24) is 5.32 Å². The van der Waals surface area contributed by atoms with Crippen molar-refractivity contribution >= 4 is 0 Å². The summed E-state index contributed by atoms with van der Waals surface area (Å²) in [7, 11) is 0. The predicted molar refractivity (Wildman–Crippen MR) is 42.0 cm³/mol. The van der Waals surface area contributed by atoms with Crippen LogP contribution in [-0.2, 0) is 13.1 Å². The molecule has 64 valence electrons. The van der Waals surface area contributed by atoms with Crippen molar-refractivity contribution in [2.75, 3.05) is 0 Å². The molecule has 0 fully saturated rings. The van der Waals surface area contributed by atoms with Crippen LogP contribution in [0.5, 0.6) is 17.2 Å². The van der Waals surface area contributed by atoms with Crippen molar-refractivity contribution in [2.45, 2.75) is 13.1 Å². The van der Waals surface area contributed by atoms with Gasteiger partial charge in [-0.2, -0.15) is 0 Å². The Balaban J connectivity index is 2.67. The summed E-state index contributed by atoms with van der Waals surface area (Å²) in [5.74, 6) is -0.914. The van der Waals surface area contributed by atoms with E-state index < -0.39 is 5.75 Å². The zero-order valence-corrected chi connectivity index (χ0v) is 6.33. The summed E-state index contributed by atoms with van der Waals surface area (Å²) in [5.41, 5.74) is 1.51. The van der Waals surface area contributed by atoms with Crippen LogP contribution in [0.4, 0.5) is 0 Å². The van der Waals surface area contributed by atoms with Crippen molar-refractivity contribution in [3.8, 4) is 17.2 Å². The SMILES string of the molecule is Oc1cc2c(c(O)c1O)CNC2. The van der Waals surface area contributed by atoms with Gasteiger partial charge in [0.15, 0.2) is 11.5 Å². The quantitative estimate of drug-likeness (QED) is 0.422. The largest absolute Gasteiger partial charge is 0.504 e. The first-order chi connectivity index (χ1) is 5.70. The zero-order chi connectivity index (χ0) is 8.72. The van der Waals surface area contributed by atoms with Crippen LogP contribution >= 0.6 is 0 Å². The number of fused-ring (bicyclic) bond motifs is 1. The highest BCUT2D eigenvalue weighted by atomic mass is 16.3.